The highest BCUT2D eigenvalue weighted by atomic mass is 16.5. The first-order valence-electron chi connectivity index (χ1n) is 11.3. The Balaban J connectivity index is 1.34. The lowest BCUT2D eigenvalue weighted by Gasteiger charge is -2.32. The predicted octanol–water partition coefficient (Wildman–Crippen LogP) is 4.49. The van der Waals surface area contributed by atoms with Gasteiger partial charge in [-0.2, -0.15) is 0 Å². The van der Waals surface area contributed by atoms with E-state index in [0.717, 1.165) is 64.2 Å². The number of methoxy groups -OCH3 is 1. The summed E-state index contributed by atoms with van der Waals surface area (Å²) in [6, 6.07) is 15.9. The molecule has 31 heavy (non-hydrogen) atoms. The first-order chi connectivity index (χ1) is 15.2. The molecule has 2 fully saturated rings. The molecule has 0 unspecified atom stereocenters. The van der Waals surface area contributed by atoms with Crippen LogP contribution in [0.5, 0.6) is 11.5 Å². The Labute approximate surface area is 185 Å². The maximum atomic E-state index is 13.0. The van der Waals surface area contributed by atoms with E-state index in [9.17, 15) is 4.79 Å². The smallest absolute Gasteiger partial charge is 0.257 e. The highest BCUT2D eigenvalue weighted by molar-refractivity contribution is 5.97. The first-order valence-corrected chi connectivity index (χ1v) is 11.3. The fourth-order valence-corrected chi connectivity index (χ4v) is 4.29. The van der Waals surface area contributed by atoms with Gasteiger partial charge in [0.15, 0.2) is 0 Å². The molecule has 0 aliphatic carbocycles. The van der Waals surface area contributed by atoms with Crippen molar-refractivity contribution in [1.29, 1.82) is 0 Å². The molecule has 2 aromatic rings. The number of ether oxygens (including phenoxy) is 2. The molecule has 0 atom stereocenters. The lowest BCUT2D eigenvalue weighted by molar-refractivity contribution is 0.0771. The van der Waals surface area contributed by atoms with E-state index in [1.54, 1.807) is 7.11 Å². The van der Waals surface area contributed by atoms with Crippen molar-refractivity contribution in [3.05, 3.63) is 65.7 Å². The second-order valence-corrected chi connectivity index (χ2v) is 8.29. The zero-order chi connectivity index (χ0) is 21.5. The molecule has 0 radical (unpaired) electrons. The fraction of sp³-hybridized carbons (Fsp3) is 0.423. The highest BCUT2D eigenvalue weighted by Crippen LogP contribution is 2.29. The Morgan fingerprint density at radius 2 is 1.77 bits per heavy atom. The molecule has 0 N–H and O–H groups in total. The van der Waals surface area contributed by atoms with Gasteiger partial charge >= 0.3 is 0 Å². The van der Waals surface area contributed by atoms with Crippen molar-refractivity contribution in [1.82, 2.24) is 9.80 Å². The molecule has 5 heteroatoms. The second-order valence-electron chi connectivity index (χ2n) is 8.29. The second kappa shape index (κ2) is 10.5. The molecule has 2 aliphatic heterocycles. The van der Waals surface area contributed by atoms with E-state index in [1.807, 2.05) is 29.2 Å². The lowest BCUT2D eigenvalue weighted by Crippen LogP contribution is -2.38. The molecule has 1 amide bonds. The Hall–Kier alpha value is -2.79. The van der Waals surface area contributed by atoms with E-state index in [-0.39, 0.29) is 12.0 Å². The molecule has 5 nitrogen and oxygen atoms in total. The number of likely N-dealkylation sites (tertiary alicyclic amines) is 2. The SMILES string of the molecule is COc1ccc(C(=O)N2CCCC2)c(OC2CCN(C/C=C/c3ccccc3)CC2)c1. The molecule has 2 heterocycles. The quantitative estimate of drug-likeness (QED) is 0.662. The van der Waals surface area contributed by atoms with Gasteiger partial charge in [0.25, 0.3) is 5.91 Å². The van der Waals surface area contributed by atoms with Crippen LogP contribution in [0, 0.1) is 0 Å². The van der Waals surface area contributed by atoms with Crippen LogP contribution in [0.15, 0.2) is 54.6 Å². The van der Waals surface area contributed by atoms with Crippen LogP contribution in [0.1, 0.15) is 41.6 Å². The number of carbonyl (C=O) groups is 1. The van der Waals surface area contributed by atoms with E-state index in [1.165, 1.54) is 5.56 Å². The van der Waals surface area contributed by atoms with E-state index >= 15 is 0 Å². The molecule has 2 aromatic carbocycles. The molecule has 0 aromatic heterocycles. The topological polar surface area (TPSA) is 42.0 Å². The average Bonchev–Trinajstić information content (AvgIpc) is 3.35. The highest BCUT2D eigenvalue weighted by Gasteiger charge is 2.26. The number of hydrogen-bond donors (Lipinski definition) is 0. The average molecular weight is 421 g/mol. The van der Waals surface area contributed by atoms with Crippen molar-refractivity contribution in [2.75, 3.05) is 39.8 Å². The molecular formula is C26H32N2O3. The number of rotatable bonds is 7. The molecule has 0 spiro atoms. The van der Waals surface area contributed by atoms with Gasteiger partial charge in [-0.25, -0.2) is 0 Å². The number of hydrogen-bond acceptors (Lipinski definition) is 4. The van der Waals surface area contributed by atoms with Crippen molar-refractivity contribution >= 4 is 12.0 Å². The maximum Gasteiger partial charge on any atom is 0.257 e. The Bertz CT molecular complexity index is 883. The van der Waals surface area contributed by atoms with E-state index in [0.29, 0.717) is 11.3 Å². The Morgan fingerprint density at radius 1 is 1.03 bits per heavy atom. The van der Waals surface area contributed by atoms with Gasteiger partial charge in [0, 0.05) is 38.8 Å². The zero-order valence-corrected chi connectivity index (χ0v) is 18.3. The van der Waals surface area contributed by atoms with Crippen LogP contribution >= 0.6 is 0 Å². The summed E-state index contributed by atoms with van der Waals surface area (Å²) in [6.07, 6.45) is 8.58. The number of amides is 1. The van der Waals surface area contributed by atoms with Gasteiger partial charge in [0.2, 0.25) is 0 Å². The van der Waals surface area contributed by atoms with Gasteiger partial charge in [-0.05, 0) is 43.4 Å². The minimum absolute atomic E-state index is 0.0682. The number of nitrogens with zero attached hydrogens (tertiary/aromatic N) is 2. The third kappa shape index (κ3) is 5.67. The summed E-state index contributed by atoms with van der Waals surface area (Å²) in [6.45, 7) is 4.59. The van der Waals surface area contributed by atoms with Gasteiger partial charge in [0.1, 0.15) is 17.6 Å². The first kappa shape index (κ1) is 21.4. The molecule has 0 bridgehead atoms. The summed E-state index contributed by atoms with van der Waals surface area (Å²) in [5, 5.41) is 0. The third-order valence-electron chi connectivity index (χ3n) is 6.11. The van der Waals surface area contributed by atoms with Crippen LogP contribution in [-0.4, -0.2) is 61.6 Å². The Kier molecular flexibility index (Phi) is 7.26. The number of piperidine rings is 1. The Morgan fingerprint density at radius 3 is 2.48 bits per heavy atom. The van der Waals surface area contributed by atoms with Crippen LogP contribution in [-0.2, 0) is 0 Å². The summed E-state index contributed by atoms with van der Waals surface area (Å²) < 4.78 is 11.7. The van der Waals surface area contributed by atoms with Crippen molar-refractivity contribution in [2.45, 2.75) is 31.8 Å². The lowest BCUT2D eigenvalue weighted by atomic mass is 10.1. The molecule has 2 saturated heterocycles. The normalized spacial score (nSPS) is 17.9. The van der Waals surface area contributed by atoms with E-state index < -0.39 is 0 Å². The molecular weight excluding hydrogens is 388 g/mol. The van der Waals surface area contributed by atoms with Gasteiger partial charge in [-0.3, -0.25) is 9.69 Å². The minimum atomic E-state index is 0.0682. The van der Waals surface area contributed by atoms with Gasteiger partial charge in [-0.15, -0.1) is 0 Å². The van der Waals surface area contributed by atoms with Crippen molar-refractivity contribution in [3.8, 4) is 11.5 Å². The molecule has 2 aliphatic rings. The predicted molar refractivity (Wildman–Crippen MR) is 124 cm³/mol. The monoisotopic (exact) mass is 420 g/mol. The van der Waals surface area contributed by atoms with Crippen LogP contribution in [0.25, 0.3) is 6.08 Å². The van der Waals surface area contributed by atoms with Crippen molar-refractivity contribution in [3.63, 3.8) is 0 Å². The van der Waals surface area contributed by atoms with Gasteiger partial charge in [0.05, 0.1) is 12.7 Å². The third-order valence-corrected chi connectivity index (χ3v) is 6.11. The largest absolute Gasteiger partial charge is 0.497 e. The number of carbonyl (C=O) groups excluding carboxylic acids is 1. The van der Waals surface area contributed by atoms with Crippen LogP contribution in [0.2, 0.25) is 0 Å². The maximum absolute atomic E-state index is 13.0. The summed E-state index contributed by atoms with van der Waals surface area (Å²) in [5.41, 5.74) is 1.88. The van der Waals surface area contributed by atoms with E-state index in [4.69, 9.17) is 9.47 Å². The van der Waals surface area contributed by atoms with Crippen LogP contribution in [0.4, 0.5) is 0 Å². The molecule has 0 saturated carbocycles. The number of benzene rings is 2. The molecule has 164 valence electrons. The summed E-state index contributed by atoms with van der Waals surface area (Å²) in [4.78, 5) is 17.4. The minimum Gasteiger partial charge on any atom is -0.497 e. The van der Waals surface area contributed by atoms with Gasteiger partial charge < -0.3 is 14.4 Å². The standard InChI is InChI=1S/C26H32N2O3/c1-30-23-11-12-24(26(29)28-16-5-6-17-28)25(20-23)31-22-13-18-27(19-14-22)15-7-10-21-8-3-2-4-9-21/h2-4,7-12,20,22H,5-6,13-19H2,1H3/b10-7+. The van der Waals surface area contributed by atoms with Crippen molar-refractivity contribution in [2.24, 2.45) is 0 Å². The van der Waals surface area contributed by atoms with Crippen LogP contribution < -0.4 is 9.47 Å². The fourth-order valence-electron chi connectivity index (χ4n) is 4.29. The van der Waals surface area contributed by atoms with Crippen molar-refractivity contribution < 1.29 is 14.3 Å². The summed E-state index contributed by atoms with van der Waals surface area (Å²) in [7, 11) is 1.64. The van der Waals surface area contributed by atoms with Crippen LogP contribution in [0.3, 0.4) is 0 Å². The summed E-state index contributed by atoms with van der Waals surface area (Å²) in [5.74, 6) is 1.44. The van der Waals surface area contributed by atoms with Gasteiger partial charge in [-0.1, -0.05) is 42.5 Å². The van der Waals surface area contributed by atoms with E-state index in [2.05, 4.69) is 41.3 Å². The molecule has 4 rings (SSSR count). The summed E-state index contributed by atoms with van der Waals surface area (Å²) >= 11 is 0. The zero-order valence-electron chi connectivity index (χ0n) is 18.3.